The van der Waals surface area contributed by atoms with E-state index in [0.29, 0.717) is 32.3 Å². The van der Waals surface area contributed by atoms with Crippen molar-refractivity contribution in [2.24, 2.45) is 0 Å². The molecular formula is C20H17ClN6O2S. The Morgan fingerprint density at radius 3 is 2.70 bits per heavy atom. The maximum absolute atomic E-state index is 12.8. The SMILES string of the molecule is CN(Cc1nc2ccccc2c(=O)[nH]1)C(=O)Cn1c(-c2ccc(Cl)cc2)n[nH]c1=S. The third-order valence-corrected chi connectivity index (χ3v) is 5.19. The molecule has 2 aromatic carbocycles. The molecule has 0 radical (unpaired) electrons. The summed E-state index contributed by atoms with van der Waals surface area (Å²) in [6.45, 7) is 0.141. The zero-order valence-electron chi connectivity index (χ0n) is 15.9. The molecule has 0 unspecified atom stereocenters. The molecule has 0 aliphatic carbocycles. The summed E-state index contributed by atoms with van der Waals surface area (Å²) in [6, 6.07) is 14.2. The minimum atomic E-state index is -0.237. The van der Waals surface area contributed by atoms with Crippen molar-refractivity contribution in [1.29, 1.82) is 0 Å². The number of likely N-dealkylation sites (N-methyl/N-ethyl adjacent to an activating group) is 1. The number of H-pyrrole nitrogens is 2. The fourth-order valence-electron chi connectivity index (χ4n) is 3.06. The summed E-state index contributed by atoms with van der Waals surface area (Å²) in [6.07, 6.45) is 0. The average Bonchev–Trinajstić information content (AvgIpc) is 3.09. The summed E-state index contributed by atoms with van der Waals surface area (Å²) in [7, 11) is 1.64. The van der Waals surface area contributed by atoms with Gasteiger partial charge in [-0.2, -0.15) is 5.10 Å². The third-order valence-electron chi connectivity index (χ3n) is 4.63. The number of hydrogen-bond donors (Lipinski definition) is 2. The van der Waals surface area contributed by atoms with Gasteiger partial charge in [0.05, 0.1) is 17.4 Å². The van der Waals surface area contributed by atoms with Crippen LogP contribution in [0.25, 0.3) is 22.3 Å². The number of aromatic nitrogens is 5. The van der Waals surface area contributed by atoms with Gasteiger partial charge in [0.15, 0.2) is 10.6 Å². The molecule has 4 rings (SSSR count). The molecule has 0 spiro atoms. The first kappa shape index (κ1) is 20.0. The number of hydrogen-bond acceptors (Lipinski definition) is 5. The molecule has 0 saturated carbocycles. The van der Waals surface area contributed by atoms with Crippen molar-refractivity contribution in [2.45, 2.75) is 13.1 Å². The van der Waals surface area contributed by atoms with E-state index < -0.39 is 0 Å². The molecule has 4 aromatic rings. The highest BCUT2D eigenvalue weighted by molar-refractivity contribution is 7.71. The molecule has 0 fully saturated rings. The molecule has 0 bridgehead atoms. The van der Waals surface area contributed by atoms with Gasteiger partial charge in [-0.3, -0.25) is 19.3 Å². The molecule has 0 aliphatic heterocycles. The fourth-order valence-corrected chi connectivity index (χ4v) is 3.38. The lowest BCUT2D eigenvalue weighted by atomic mass is 10.2. The summed E-state index contributed by atoms with van der Waals surface area (Å²) in [5.74, 6) is 0.734. The summed E-state index contributed by atoms with van der Waals surface area (Å²) >= 11 is 11.2. The number of benzene rings is 2. The largest absolute Gasteiger partial charge is 0.337 e. The number of nitrogens with one attached hydrogen (secondary N) is 2. The molecule has 0 aliphatic rings. The number of halogens is 1. The van der Waals surface area contributed by atoms with E-state index in [9.17, 15) is 9.59 Å². The van der Waals surface area contributed by atoms with E-state index in [4.69, 9.17) is 23.8 Å². The Morgan fingerprint density at radius 2 is 1.93 bits per heavy atom. The number of nitrogens with zero attached hydrogens (tertiary/aromatic N) is 4. The maximum Gasteiger partial charge on any atom is 0.258 e. The second-order valence-corrected chi connectivity index (χ2v) is 7.55. The van der Waals surface area contributed by atoms with Gasteiger partial charge in [0.25, 0.3) is 5.56 Å². The average molecular weight is 441 g/mol. The molecule has 30 heavy (non-hydrogen) atoms. The van der Waals surface area contributed by atoms with Gasteiger partial charge >= 0.3 is 0 Å². The van der Waals surface area contributed by atoms with Crippen LogP contribution < -0.4 is 5.56 Å². The van der Waals surface area contributed by atoms with Crippen molar-refractivity contribution >= 4 is 40.6 Å². The number of carbonyl (C=O) groups excluding carboxylic acids is 1. The first-order valence-electron chi connectivity index (χ1n) is 9.05. The minimum absolute atomic E-state index is 0.0123. The highest BCUT2D eigenvalue weighted by Gasteiger charge is 2.16. The molecular weight excluding hydrogens is 424 g/mol. The lowest BCUT2D eigenvalue weighted by Gasteiger charge is -2.17. The van der Waals surface area contributed by atoms with Crippen LogP contribution in [0.15, 0.2) is 53.3 Å². The van der Waals surface area contributed by atoms with E-state index in [1.807, 2.05) is 18.2 Å². The van der Waals surface area contributed by atoms with Crippen LogP contribution in [-0.4, -0.2) is 42.6 Å². The number of amides is 1. The van der Waals surface area contributed by atoms with Crippen LogP contribution in [-0.2, 0) is 17.9 Å². The molecule has 2 aromatic heterocycles. The van der Waals surface area contributed by atoms with Crippen LogP contribution in [0, 0.1) is 4.77 Å². The smallest absolute Gasteiger partial charge is 0.258 e. The van der Waals surface area contributed by atoms with E-state index in [0.717, 1.165) is 5.56 Å². The molecule has 0 atom stereocenters. The molecule has 152 valence electrons. The van der Waals surface area contributed by atoms with Crippen LogP contribution in [0.4, 0.5) is 0 Å². The number of aromatic amines is 2. The summed E-state index contributed by atoms with van der Waals surface area (Å²) in [5, 5.41) is 8.06. The Labute approximate surface area is 181 Å². The molecule has 2 heterocycles. The number of fused-ring (bicyclic) bond motifs is 1. The van der Waals surface area contributed by atoms with Crippen molar-refractivity contribution in [3.05, 3.63) is 74.5 Å². The fraction of sp³-hybridized carbons (Fsp3) is 0.150. The van der Waals surface area contributed by atoms with Crippen LogP contribution in [0.3, 0.4) is 0 Å². The molecule has 8 nitrogen and oxygen atoms in total. The van der Waals surface area contributed by atoms with Gasteiger partial charge in [-0.25, -0.2) is 4.98 Å². The first-order valence-corrected chi connectivity index (χ1v) is 9.84. The second kappa shape index (κ2) is 8.21. The van der Waals surface area contributed by atoms with Gasteiger partial charge in [0.2, 0.25) is 5.91 Å². The van der Waals surface area contributed by atoms with Gasteiger partial charge in [-0.15, -0.1) is 0 Å². The van der Waals surface area contributed by atoms with Gasteiger partial charge in [-0.05, 0) is 48.6 Å². The molecule has 1 amide bonds. The molecule has 2 N–H and O–H groups in total. The normalized spacial score (nSPS) is 11.0. The summed E-state index contributed by atoms with van der Waals surface area (Å²) < 4.78 is 1.95. The highest BCUT2D eigenvalue weighted by Crippen LogP contribution is 2.20. The van der Waals surface area contributed by atoms with Gasteiger partial charge in [0.1, 0.15) is 12.4 Å². The maximum atomic E-state index is 12.8. The minimum Gasteiger partial charge on any atom is -0.337 e. The van der Waals surface area contributed by atoms with E-state index in [-0.39, 0.29) is 24.6 Å². The van der Waals surface area contributed by atoms with Crippen LogP contribution in [0.1, 0.15) is 5.82 Å². The topological polar surface area (TPSA) is 99.7 Å². The zero-order chi connectivity index (χ0) is 21.3. The standard InChI is InChI=1S/C20H17ClN6O2S/c1-26(10-16-22-15-5-3-2-4-14(15)19(29)23-16)17(28)11-27-18(24-25-20(27)30)12-6-8-13(21)9-7-12/h2-9H,10-11H2,1H3,(H,25,30)(H,22,23,29). The predicted octanol–water partition coefficient (Wildman–Crippen LogP) is 3.16. The van der Waals surface area contributed by atoms with E-state index in [1.165, 1.54) is 4.90 Å². The monoisotopic (exact) mass is 440 g/mol. The molecule has 10 heteroatoms. The van der Waals surface area contributed by atoms with Crippen LogP contribution in [0.5, 0.6) is 0 Å². The first-order chi connectivity index (χ1) is 14.4. The van der Waals surface area contributed by atoms with Gasteiger partial charge in [-0.1, -0.05) is 23.7 Å². The molecule has 0 saturated heterocycles. The van der Waals surface area contributed by atoms with Crippen molar-refractivity contribution in [2.75, 3.05) is 7.05 Å². The van der Waals surface area contributed by atoms with E-state index in [1.54, 1.807) is 41.9 Å². The van der Waals surface area contributed by atoms with Crippen LogP contribution >= 0.6 is 23.8 Å². The van der Waals surface area contributed by atoms with Crippen molar-refractivity contribution < 1.29 is 4.79 Å². The summed E-state index contributed by atoms with van der Waals surface area (Å²) in [5.41, 5.74) is 1.13. The second-order valence-electron chi connectivity index (χ2n) is 6.72. The quantitative estimate of drug-likeness (QED) is 0.464. The Hall–Kier alpha value is -3.30. The lowest BCUT2D eigenvalue weighted by Crippen LogP contribution is -2.31. The number of carbonyl (C=O) groups is 1. The number of para-hydroxylation sites is 1. The third kappa shape index (κ3) is 4.03. The van der Waals surface area contributed by atoms with E-state index in [2.05, 4.69) is 20.2 Å². The summed E-state index contributed by atoms with van der Waals surface area (Å²) in [4.78, 5) is 33.7. The van der Waals surface area contributed by atoms with Crippen molar-refractivity contribution in [1.82, 2.24) is 29.6 Å². The lowest BCUT2D eigenvalue weighted by molar-refractivity contribution is -0.131. The number of rotatable bonds is 5. The predicted molar refractivity (Wildman–Crippen MR) is 117 cm³/mol. The zero-order valence-corrected chi connectivity index (χ0v) is 17.5. The van der Waals surface area contributed by atoms with E-state index >= 15 is 0 Å². The van der Waals surface area contributed by atoms with Crippen molar-refractivity contribution in [3.63, 3.8) is 0 Å². The Morgan fingerprint density at radius 1 is 1.20 bits per heavy atom. The Bertz CT molecular complexity index is 1340. The Balaban J connectivity index is 1.55. The van der Waals surface area contributed by atoms with Gasteiger partial charge in [0, 0.05) is 17.6 Å². The highest BCUT2D eigenvalue weighted by atomic mass is 35.5. The van der Waals surface area contributed by atoms with Crippen molar-refractivity contribution in [3.8, 4) is 11.4 Å². The van der Waals surface area contributed by atoms with Gasteiger partial charge < -0.3 is 9.88 Å². The Kier molecular flexibility index (Phi) is 5.47. The van der Waals surface area contributed by atoms with Crippen LogP contribution in [0.2, 0.25) is 5.02 Å².